The Morgan fingerprint density at radius 3 is 2.68 bits per heavy atom. The molecular formula is C17H16N4O3S. The van der Waals surface area contributed by atoms with Gasteiger partial charge in [-0.1, -0.05) is 0 Å². The predicted molar refractivity (Wildman–Crippen MR) is 97.0 cm³/mol. The summed E-state index contributed by atoms with van der Waals surface area (Å²) in [5.41, 5.74) is 0.965. The van der Waals surface area contributed by atoms with Gasteiger partial charge in [-0.3, -0.25) is 19.0 Å². The molecule has 3 aromatic rings. The summed E-state index contributed by atoms with van der Waals surface area (Å²) in [7, 11) is 1.56. The van der Waals surface area contributed by atoms with Gasteiger partial charge in [0, 0.05) is 31.3 Å². The monoisotopic (exact) mass is 356 g/mol. The maximum Gasteiger partial charge on any atom is 0.262 e. The molecule has 3 rings (SSSR count). The number of nitrogens with zero attached hydrogens (tertiary/aromatic N) is 2. The molecule has 0 fully saturated rings. The van der Waals surface area contributed by atoms with E-state index in [0.717, 1.165) is 0 Å². The fourth-order valence-corrected chi connectivity index (χ4v) is 3.07. The lowest BCUT2D eigenvalue weighted by Gasteiger charge is -2.07. The van der Waals surface area contributed by atoms with Crippen molar-refractivity contribution < 1.29 is 9.59 Å². The molecule has 0 bridgehead atoms. The van der Waals surface area contributed by atoms with Gasteiger partial charge in [0.2, 0.25) is 5.91 Å². The number of aryl methyl sites for hydroxylation is 1. The lowest BCUT2D eigenvalue weighted by molar-refractivity contribution is -0.116. The van der Waals surface area contributed by atoms with Crippen molar-refractivity contribution in [2.24, 2.45) is 0 Å². The van der Waals surface area contributed by atoms with E-state index in [0.29, 0.717) is 21.5 Å². The molecule has 0 saturated heterocycles. The molecule has 128 valence electrons. The first-order valence-electron chi connectivity index (χ1n) is 7.63. The number of carbonyl (C=O) groups excluding carboxylic acids is 2. The molecule has 0 unspecified atom stereocenters. The predicted octanol–water partition coefficient (Wildman–Crippen LogP) is 1.85. The number of carbonyl (C=O) groups is 2. The highest BCUT2D eigenvalue weighted by Crippen LogP contribution is 2.13. The van der Waals surface area contributed by atoms with Gasteiger partial charge in [0.15, 0.2) is 0 Å². The maximum atomic E-state index is 12.3. The minimum Gasteiger partial charge on any atom is -0.355 e. The summed E-state index contributed by atoms with van der Waals surface area (Å²) in [6.07, 6.45) is 1.61. The Morgan fingerprint density at radius 1 is 1.20 bits per heavy atom. The number of amides is 2. The van der Waals surface area contributed by atoms with Gasteiger partial charge in [0.25, 0.3) is 11.5 Å². The Kier molecular flexibility index (Phi) is 4.90. The van der Waals surface area contributed by atoms with Gasteiger partial charge in [-0.25, -0.2) is 4.98 Å². The van der Waals surface area contributed by atoms with Crippen molar-refractivity contribution in [3.63, 3.8) is 0 Å². The summed E-state index contributed by atoms with van der Waals surface area (Å²) in [5, 5.41) is 7.66. The van der Waals surface area contributed by atoms with E-state index in [2.05, 4.69) is 15.6 Å². The second-order valence-electron chi connectivity index (χ2n) is 5.34. The number of thiophene rings is 1. The summed E-state index contributed by atoms with van der Waals surface area (Å²) in [5.74, 6) is -0.404. The molecule has 0 saturated carbocycles. The molecule has 0 atom stereocenters. The van der Waals surface area contributed by atoms with E-state index >= 15 is 0 Å². The van der Waals surface area contributed by atoms with Crippen LogP contribution in [0.5, 0.6) is 0 Å². The van der Waals surface area contributed by atoms with Gasteiger partial charge in [-0.15, -0.1) is 11.3 Å². The van der Waals surface area contributed by atoms with Crippen molar-refractivity contribution >= 4 is 39.1 Å². The van der Waals surface area contributed by atoms with Crippen LogP contribution in [0.1, 0.15) is 16.8 Å². The van der Waals surface area contributed by atoms with Crippen molar-refractivity contribution in [2.45, 2.75) is 13.0 Å². The summed E-state index contributed by atoms with van der Waals surface area (Å²) >= 11 is 1.41. The molecule has 25 heavy (non-hydrogen) atoms. The summed E-state index contributed by atoms with van der Waals surface area (Å²) in [6.45, 7) is 0.250. The molecule has 0 aliphatic heterocycles. The first-order chi connectivity index (χ1) is 12.1. The Labute approximate surface area is 147 Å². The Hall–Kier alpha value is -3.00. The number of aromatic nitrogens is 2. The van der Waals surface area contributed by atoms with Crippen LogP contribution >= 0.6 is 11.3 Å². The number of hydrogen-bond acceptors (Lipinski definition) is 5. The maximum absolute atomic E-state index is 12.3. The smallest absolute Gasteiger partial charge is 0.262 e. The SMILES string of the molecule is CNC(=O)c1ccc(NC(=O)CCn2cnc3sccc3c2=O)cc1. The Balaban J connectivity index is 1.61. The third kappa shape index (κ3) is 3.74. The molecule has 7 nitrogen and oxygen atoms in total. The topological polar surface area (TPSA) is 93.1 Å². The zero-order chi connectivity index (χ0) is 17.8. The molecule has 0 aliphatic carbocycles. The van der Waals surface area contributed by atoms with Crippen LogP contribution in [-0.4, -0.2) is 28.4 Å². The molecule has 2 N–H and O–H groups in total. The number of hydrogen-bond donors (Lipinski definition) is 2. The molecule has 8 heteroatoms. The van der Waals surface area contributed by atoms with Crippen LogP contribution < -0.4 is 16.2 Å². The lowest BCUT2D eigenvalue weighted by Crippen LogP contribution is -2.23. The highest BCUT2D eigenvalue weighted by molar-refractivity contribution is 7.16. The van der Waals surface area contributed by atoms with Gasteiger partial charge in [-0.05, 0) is 35.7 Å². The summed E-state index contributed by atoms with van der Waals surface area (Å²) in [6, 6.07) is 8.32. The summed E-state index contributed by atoms with van der Waals surface area (Å²) < 4.78 is 1.43. The number of fused-ring (bicyclic) bond motifs is 1. The molecular weight excluding hydrogens is 340 g/mol. The van der Waals surface area contributed by atoms with E-state index in [-0.39, 0.29) is 30.3 Å². The molecule has 0 radical (unpaired) electrons. The largest absolute Gasteiger partial charge is 0.355 e. The minimum atomic E-state index is -0.218. The quantitative estimate of drug-likeness (QED) is 0.730. The number of rotatable bonds is 5. The van der Waals surface area contributed by atoms with Gasteiger partial charge in [0.1, 0.15) is 4.83 Å². The van der Waals surface area contributed by atoms with E-state index in [1.165, 1.54) is 22.2 Å². The van der Waals surface area contributed by atoms with Crippen LogP contribution in [0.2, 0.25) is 0 Å². The number of nitrogens with one attached hydrogen (secondary N) is 2. The van der Waals surface area contributed by atoms with Gasteiger partial charge < -0.3 is 10.6 Å². The third-order valence-electron chi connectivity index (χ3n) is 3.69. The highest BCUT2D eigenvalue weighted by atomic mass is 32.1. The number of anilines is 1. The third-order valence-corrected chi connectivity index (χ3v) is 4.51. The fourth-order valence-electron chi connectivity index (χ4n) is 2.35. The minimum absolute atomic E-state index is 0.144. The van der Waals surface area contributed by atoms with Crippen molar-refractivity contribution in [1.29, 1.82) is 0 Å². The fraction of sp³-hybridized carbons (Fsp3) is 0.176. The van der Waals surface area contributed by atoms with Crippen molar-refractivity contribution in [1.82, 2.24) is 14.9 Å². The van der Waals surface area contributed by atoms with Crippen LogP contribution in [0.25, 0.3) is 10.2 Å². The van der Waals surface area contributed by atoms with E-state index < -0.39 is 0 Å². The molecule has 1 aromatic carbocycles. The first-order valence-corrected chi connectivity index (χ1v) is 8.51. The second-order valence-corrected chi connectivity index (χ2v) is 6.23. The molecule has 2 aromatic heterocycles. The van der Waals surface area contributed by atoms with Crippen LogP contribution in [0.4, 0.5) is 5.69 Å². The average Bonchev–Trinajstić information content (AvgIpc) is 3.11. The lowest BCUT2D eigenvalue weighted by atomic mass is 10.2. The molecule has 0 aliphatic rings. The summed E-state index contributed by atoms with van der Waals surface area (Å²) in [4.78, 5) is 40.7. The van der Waals surface area contributed by atoms with Gasteiger partial charge in [-0.2, -0.15) is 0 Å². The van der Waals surface area contributed by atoms with Crippen LogP contribution in [0.3, 0.4) is 0 Å². The van der Waals surface area contributed by atoms with Crippen LogP contribution in [0, 0.1) is 0 Å². The van der Waals surface area contributed by atoms with Crippen molar-refractivity contribution in [3.05, 3.63) is 58.0 Å². The normalized spacial score (nSPS) is 10.6. The average molecular weight is 356 g/mol. The standard InChI is InChI=1S/C17H16N4O3S/c1-18-15(23)11-2-4-12(5-3-11)20-14(22)6-8-21-10-19-16-13(17(21)24)7-9-25-16/h2-5,7,9-10H,6,8H2,1H3,(H,18,23)(H,20,22). The van der Waals surface area contributed by atoms with Gasteiger partial charge >= 0.3 is 0 Å². The Morgan fingerprint density at radius 2 is 1.96 bits per heavy atom. The van der Waals surface area contributed by atoms with E-state index in [4.69, 9.17) is 0 Å². The zero-order valence-corrected chi connectivity index (χ0v) is 14.3. The Bertz CT molecular complexity index is 975. The number of benzene rings is 1. The highest BCUT2D eigenvalue weighted by Gasteiger charge is 2.08. The van der Waals surface area contributed by atoms with Crippen LogP contribution in [-0.2, 0) is 11.3 Å². The molecule has 2 amide bonds. The molecule has 2 heterocycles. The second kappa shape index (κ2) is 7.27. The van der Waals surface area contributed by atoms with E-state index in [1.54, 1.807) is 37.4 Å². The first kappa shape index (κ1) is 16.8. The molecule has 0 spiro atoms. The van der Waals surface area contributed by atoms with E-state index in [1.807, 2.05) is 5.38 Å². The van der Waals surface area contributed by atoms with Crippen molar-refractivity contribution in [3.8, 4) is 0 Å². The zero-order valence-electron chi connectivity index (χ0n) is 13.5. The van der Waals surface area contributed by atoms with Crippen molar-refractivity contribution in [2.75, 3.05) is 12.4 Å². The van der Waals surface area contributed by atoms with E-state index in [9.17, 15) is 14.4 Å². The van der Waals surface area contributed by atoms with Crippen LogP contribution in [0.15, 0.2) is 46.8 Å². The van der Waals surface area contributed by atoms with Gasteiger partial charge in [0.05, 0.1) is 11.7 Å².